The van der Waals surface area contributed by atoms with E-state index in [1.165, 1.54) is 0 Å². The van der Waals surface area contributed by atoms with E-state index in [1.807, 2.05) is 13.8 Å². The van der Waals surface area contributed by atoms with E-state index in [0.29, 0.717) is 12.8 Å². The number of carboxylic acid groups (broad SMARTS) is 1. The molecule has 2 rings (SSSR count). The van der Waals surface area contributed by atoms with E-state index in [9.17, 15) is 14.4 Å². The maximum atomic E-state index is 11.7. The predicted octanol–water partition coefficient (Wildman–Crippen LogP) is 0.491. The molecule has 0 aromatic heterocycles. The molecular formula is C11H15NO4. The average Bonchev–Trinajstić information content (AvgIpc) is 2.90. The summed E-state index contributed by atoms with van der Waals surface area (Å²) in [7, 11) is 0. The second-order valence-corrected chi connectivity index (χ2v) is 4.98. The summed E-state index contributed by atoms with van der Waals surface area (Å²) < 4.78 is 0. The van der Waals surface area contributed by atoms with Crippen molar-refractivity contribution in [1.82, 2.24) is 4.90 Å². The number of fused-ring (bicyclic) bond motifs is 1. The van der Waals surface area contributed by atoms with Crippen molar-refractivity contribution in [3.63, 3.8) is 0 Å². The summed E-state index contributed by atoms with van der Waals surface area (Å²) in [5.74, 6) is -1.97. The predicted molar refractivity (Wildman–Crippen MR) is 54.3 cm³/mol. The number of hydrogen-bond acceptors (Lipinski definition) is 3. The van der Waals surface area contributed by atoms with Gasteiger partial charge in [-0.1, -0.05) is 13.8 Å². The van der Waals surface area contributed by atoms with Crippen molar-refractivity contribution in [3.8, 4) is 0 Å². The van der Waals surface area contributed by atoms with E-state index in [0.717, 1.165) is 4.90 Å². The van der Waals surface area contributed by atoms with Crippen LogP contribution in [0.5, 0.6) is 0 Å². The number of carbonyl (C=O) groups is 3. The summed E-state index contributed by atoms with van der Waals surface area (Å²) in [4.78, 5) is 35.5. The molecule has 2 amide bonds. The summed E-state index contributed by atoms with van der Waals surface area (Å²) in [6.07, 6.45) is 0.939. The number of amides is 2. The van der Waals surface area contributed by atoms with Gasteiger partial charge < -0.3 is 5.11 Å². The third-order valence-electron chi connectivity index (χ3n) is 3.19. The molecule has 1 saturated heterocycles. The van der Waals surface area contributed by atoms with Crippen molar-refractivity contribution >= 4 is 17.8 Å². The van der Waals surface area contributed by atoms with Gasteiger partial charge in [0, 0.05) is 0 Å². The van der Waals surface area contributed by atoms with Gasteiger partial charge in [0.25, 0.3) is 0 Å². The Hall–Kier alpha value is -1.39. The number of imide groups is 1. The molecule has 1 aliphatic carbocycles. The summed E-state index contributed by atoms with van der Waals surface area (Å²) >= 11 is 0. The van der Waals surface area contributed by atoms with Gasteiger partial charge in [-0.2, -0.15) is 0 Å². The van der Waals surface area contributed by atoms with Gasteiger partial charge in [0.05, 0.1) is 11.8 Å². The standard InChI is InChI=1S/C11H15NO4/c1-5(2)3-8(11(15)16)12-9(13)6-4-7(6)10(12)14/h5-8H,3-4H2,1-2H3,(H,15,16). The molecule has 0 bridgehead atoms. The van der Waals surface area contributed by atoms with E-state index >= 15 is 0 Å². The third-order valence-corrected chi connectivity index (χ3v) is 3.19. The molecule has 0 spiro atoms. The topological polar surface area (TPSA) is 74.7 Å². The Morgan fingerprint density at radius 3 is 2.25 bits per heavy atom. The van der Waals surface area contributed by atoms with Gasteiger partial charge in [0.15, 0.2) is 0 Å². The van der Waals surface area contributed by atoms with Crippen LogP contribution in [-0.2, 0) is 14.4 Å². The lowest BCUT2D eigenvalue weighted by Gasteiger charge is -2.25. The monoisotopic (exact) mass is 225 g/mol. The first-order valence-electron chi connectivity index (χ1n) is 5.53. The zero-order valence-corrected chi connectivity index (χ0v) is 9.34. The lowest BCUT2D eigenvalue weighted by atomic mass is 10.0. The van der Waals surface area contributed by atoms with Gasteiger partial charge in [0.2, 0.25) is 11.8 Å². The van der Waals surface area contributed by atoms with Crippen molar-refractivity contribution in [1.29, 1.82) is 0 Å². The van der Waals surface area contributed by atoms with Crippen LogP contribution < -0.4 is 0 Å². The molecule has 1 saturated carbocycles. The average molecular weight is 225 g/mol. The van der Waals surface area contributed by atoms with E-state index < -0.39 is 12.0 Å². The third kappa shape index (κ3) is 1.60. The van der Waals surface area contributed by atoms with Crippen molar-refractivity contribution in [3.05, 3.63) is 0 Å². The first-order chi connectivity index (χ1) is 7.43. The van der Waals surface area contributed by atoms with Crippen LogP contribution in [-0.4, -0.2) is 33.8 Å². The van der Waals surface area contributed by atoms with E-state index in [1.54, 1.807) is 0 Å². The van der Waals surface area contributed by atoms with Crippen LogP contribution in [0.3, 0.4) is 0 Å². The molecule has 5 heteroatoms. The molecule has 1 heterocycles. The minimum atomic E-state index is -1.09. The first-order valence-corrected chi connectivity index (χ1v) is 5.53. The number of rotatable bonds is 4. The van der Waals surface area contributed by atoms with E-state index in [2.05, 4.69) is 0 Å². The van der Waals surface area contributed by atoms with Gasteiger partial charge in [0.1, 0.15) is 6.04 Å². The van der Waals surface area contributed by atoms with Crippen LogP contribution in [0.4, 0.5) is 0 Å². The number of piperidine rings is 1. The minimum absolute atomic E-state index is 0.138. The van der Waals surface area contributed by atoms with Crippen LogP contribution in [0.25, 0.3) is 0 Å². The molecule has 88 valence electrons. The molecule has 3 unspecified atom stereocenters. The first kappa shape index (κ1) is 11.1. The Bertz CT molecular complexity index is 343. The number of nitrogens with zero attached hydrogens (tertiary/aromatic N) is 1. The quantitative estimate of drug-likeness (QED) is 0.706. The number of carbonyl (C=O) groups excluding carboxylic acids is 2. The fraction of sp³-hybridized carbons (Fsp3) is 0.727. The normalized spacial score (nSPS) is 29.6. The van der Waals surface area contributed by atoms with Crippen molar-refractivity contribution in [2.75, 3.05) is 0 Å². The van der Waals surface area contributed by atoms with Crippen molar-refractivity contribution < 1.29 is 19.5 Å². The molecule has 0 radical (unpaired) electrons. The molecule has 3 atom stereocenters. The van der Waals surface area contributed by atoms with Crippen LogP contribution in [0, 0.1) is 17.8 Å². The number of carboxylic acids is 1. The van der Waals surface area contributed by atoms with Gasteiger partial charge >= 0.3 is 5.97 Å². The molecule has 16 heavy (non-hydrogen) atoms. The number of aliphatic carboxylic acids is 1. The SMILES string of the molecule is CC(C)CC(C(=O)O)N1C(=O)C2CC2C1=O. The molecular weight excluding hydrogens is 210 g/mol. The minimum Gasteiger partial charge on any atom is -0.480 e. The van der Waals surface area contributed by atoms with Crippen LogP contribution >= 0.6 is 0 Å². The Morgan fingerprint density at radius 1 is 1.38 bits per heavy atom. The maximum Gasteiger partial charge on any atom is 0.326 e. The zero-order valence-electron chi connectivity index (χ0n) is 9.34. The van der Waals surface area contributed by atoms with Gasteiger partial charge in [-0.3, -0.25) is 14.5 Å². The number of hydrogen-bond donors (Lipinski definition) is 1. The molecule has 1 N–H and O–H groups in total. The molecule has 2 fully saturated rings. The molecule has 5 nitrogen and oxygen atoms in total. The number of likely N-dealkylation sites (tertiary alicyclic amines) is 1. The highest BCUT2D eigenvalue weighted by Gasteiger charge is 2.61. The Labute approximate surface area is 93.4 Å². The highest BCUT2D eigenvalue weighted by molar-refractivity contribution is 6.11. The summed E-state index contributed by atoms with van der Waals surface area (Å²) in [6.45, 7) is 3.75. The fourth-order valence-corrected chi connectivity index (χ4v) is 2.28. The molecule has 1 aliphatic heterocycles. The largest absolute Gasteiger partial charge is 0.480 e. The van der Waals surface area contributed by atoms with Crippen molar-refractivity contribution in [2.24, 2.45) is 17.8 Å². The van der Waals surface area contributed by atoms with Gasteiger partial charge in [-0.25, -0.2) is 4.79 Å². The van der Waals surface area contributed by atoms with Crippen LogP contribution in [0.1, 0.15) is 26.7 Å². The van der Waals surface area contributed by atoms with Crippen LogP contribution in [0.2, 0.25) is 0 Å². The zero-order chi connectivity index (χ0) is 12.0. The lowest BCUT2D eigenvalue weighted by Crippen LogP contribution is -2.47. The van der Waals surface area contributed by atoms with E-state index in [4.69, 9.17) is 5.11 Å². The van der Waals surface area contributed by atoms with Gasteiger partial charge in [-0.05, 0) is 18.8 Å². The summed E-state index contributed by atoms with van der Waals surface area (Å²) in [6, 6.07) is -0.979. The highest BCUT2D eigenvalue weighted by atomic mass is 16.4. The van der Waals surface area contributed by atoms with Gasteiger partial charge in [-0.15, -0.1) is 0 Å². The van der Waals surface area contributed by atoms with Crippen molar-refractivity contribution in [2.45, 2.75) is 32.7 Å². The Balaban J connectivity index is 2.17. The Morgan fingerprint density at radius 2 is 1.88 bits per heavy atom. The highest BCUT2D eigenvalue weighted by Crippen LogP contribution is 2.48. The second-order valence-electron chi connectivity index (χ2n) is 4.98. The lowest BCUT2D eigenvalue weighted by molar-refractivity contribution is -0.156. The molecule has 0 aromatic carbocycles. The Kier molecular flexibility index (Phi) is 2.48. The summed E-state index contributed by atoms with van der Waals surface area (Å²) in [5.41, 5.74) is 0. The second kappa shape index (κ2) is 3.57. The maximum absolute atomic E-state index is 11.7. The smallest absolute Gasteiger partial charge is 0.326 e. The van der Waals surface area contributed by atoms with Crippen LogP contribution in [0.15, 0.2) is 0 Å². The summed E-state index contributed by atoms with van der Waals surface area (Å²) in [5, 5.41) is 9.07. The fourth-order valence-electron chi connectivity index (χ4n) is 2.28. The van der Waals surface area contributed by atoms with E-state index in [-0.39, 0.29) is 29.6 Å². The molecule has 2 aliphatic rings. The molecule has 0 aromatic rings.